The minimum Gasteiger partial charge on any atom is -0.495 e. The monoisotopic (exact) mass is 367 g/mol. The highest BCUT2D eigenvalue weighted by Gasteiger charge is 2.33. The zero-order valence-electron chi connectivity index (χ0n) is 16.2. The molecule has 2 unspecified atom stereocenters. The van der Waals surface area contributed by atoms with Crippen LogP contribution in [0.3, 0.4) is 0 Å². The summed E-state index contributed by atoms with van der Waals surface area (Å²) in [7, 11) is 1.71. The molecule has 27 heavy (non-hydrogen) atoms. The largest absolute Gasteiger partial charge is 0.495 e. The summed E-state index contributed by atoms with van der Waals surface area (Å²) in [5, 5.41) is 0. The molecule has 1 heterocycles. The summed E-state index contributed by atoms with van der Waals surface area (Å²) in [5.74, 6) is 0.367. The zero-order chi connectivity index (χ0) is 19.2. The lowest BCUT2D eigenvalue weighted by molar-refractivity contribution is -0.121. The smallest absolute Gasteiger partial charge is 0.226 e. The Hall–Kier alpha value is -2.53. The summed E-state index contributed by atoms with van der Waals surface area (Å²) in [6, 6.07) is 18.2. The molecule has 2 aromatic carbocycles. The molecule has 0 aliphatic carbocycles. The van der Waals surface area contributed by atoms with Crippen LogP contribution < -0.4 is 15.4 Å². The third-order valence-electron chi connectivity index (χ3n) is 5.48. The number of rotatable bonds is 7. The number of hydrogen-bond donors (Lipinski definition) is 1. The van der Waals surface area contributed by atoms with Gasteiger partial charge in [-0.3, -0.25) is 9.69 Å². The van der Waals surface area contributed by atoms with Gasteiger partial charge in [0.1, 0.15) is 5.75 Å². The first kappa shape index (κ1) is 19.2. The van der Waals surface area contributed by atoms with E-state index in [1.165, 1.54) is 0 Å². The molecular weight excluding hydrogens is 338 g/mol. The molecule has 0 bridgehead atoms. The van der Waals surface area contributed by atoms with Gasteiger partial charge >= 0.3 is 0 Å². The molecule has 5 heteroatoms. The number of ether oxygens (including phenoxy) is 1. The standard InChI is InChI=1S/C22H29N3O2/c1-3-18(21(22(23)26)17-9-5-4-6-10-17)24-13-15-25(16-14-24)19-11-7-8-12-20(19)27-2/h4-12,18,21H,3,13-16H2,1-2H3,(H2,23,26). The maximum Gasteiger partial charge on any atom is 0.226 e. The fraction of sp³-hybridized carbons (Fsp3) is 0.409. The Morgan fingerprint density at radius 3 is 2.26 bits per heavy atom. The predicted octanol–water partition coefficient (Wildman–Crippen LogP) is 2.86. The van der Waals surface area contributed by atoms with Crippen molar-refractivity contribution in [1.29, 1.82) is 0 Å². The maximum absolute atomic E-state index is 12.3. The van der Waals surface area contributed by atoms with E-state index in [4.69, 9.17) is 10.5 Å². The van der Waals surface area contributed by atoms with E-state index in [0.29, 0.717) is 0 Å². The van der Waals surface area contributed by atoms with Crippen LogP contribution in [0.1, 0.15) is 24.8 Å². The molecule has 1 fully saturated rings. The number of carbonyl (C=O) groups excluding carboxylic acids is 1. The molecule has 0 radical (unpaired) electrons. The van der Waals surface area contributed by atoms with Gasteiger partial charge in [-0.1, -0.05) is 49.4 Å². The summed E-state index contributed by atoms with van der Waals surface area (Å²) < 4.78 is 5.51. The second-order valence-corrected chi connectivity index (χ2v) is 6.96. The number of methoxy groups -OCH3 is 1. The number of primary amides is 1. The zero-order valence-corrected chi connectivity index (χ0v) is 16.2. The van der Waals surface area contributed by atoms with Crippen molar-refractivity contribution in [3.63, 3.8) is 0 Å². The van der Waals surface area contributed by atoms with Crippen LogP contribution in [0.2, 0.25) is 0 Å². The molecule has 5 nitrogen and oxygen atoms in total. The molecular formula is C22H29N3O2. The third-order valence-corrected chi connectivity index (χ3v) is 5.48. The van der Waals surface area contributed by atoms with Crippen molar-refractivity contribution < 1.29 is 9.53 Å². The molecule has 144 valence electrons. The van der Waals surface area contributed by atoms with Crippen molar-refractivity contribution in [2.45, 2.75) is 25.3 Å². The van der Waals surface area contributed by atoms with E-state index in [9.17, 15) is 4.79 Å². The molecule has 1 aliphatic heterocycles. The normalized spacial score (nSPS) is 17.3. The van der Waals surface area contributed by atoms with E-state index < -0.39 is 0 Å². The Bertz CT molecular complexity index is 742. The van der Waals surface area contributed by atoms with Crippen LogP contribution in [0, 0.1) is 0 Å². The number of para-hydroxylation sites is 2. The van der Waals surface area contributed by atoms with Crippen LogP contribution in [-0.4, -0.2) is 50.1 Å². The number of hydrogen-bond acceptors (Lipinski definition) is 4. The predicted molar refractivity (Wildman–Crippen MR) is 109 cm³/mol. The first-order valence-corrected chi connectivity index (χ1v) is 9.62. The second-order valence-electron chi connectivity index (χ2n) is 6.96. The SMILES string of the molecule is CCC(C(C(N)=O)c1ccccc1)N1CCN(c2ccccc2OC)CC1. The summed E-state index contributed by atoms with van der Waals surface area (Å²) in [5.41, 5.74) is 7.95. The van der Waals surface area contributed by atoms with Gasteiger partial charge in [-0.05, 0) is 24.1 Å². The molecule has 0 aromatic heterocycles. The summed E-state index contributed by atoms with van der Waals surface area (Å²) in [6.45, 7) is 5.73. The van der Waals surface area contributed by atoms with E-state index in [2.05, 4.69) is 22.8 Å². The van der Waals surface area contributed by atoms with Gasteiger partial charge in [-0.15, -0.1) is 0 Å². The molecule has 2 aromatic rings. The Kier molecular flexibility index (Phi) is 6.35. The van der Waals surface area contributed by atoms with Crippen LogP contribution in [0.5, 0.6) is 5.75 Å². The van der Waals surface area contributed by atoms with Crippen LogP contribution in [0.25, 0.3) is 0 Å². The van der Waals surface area contributed by atoms with Gasteiger partial charge in [-0.2, -0.15) is 0 Å². The highest BCUT2D eigenvalue weighted by molar-refractivity contribution is 5.82. The van der Waals surface area contributed by atoms with E-state index in [1.807, 2.05) is 48.5 Å². The first-order chi connectivity index (χ1) is 13.2. The van der Waals surface area contributed by atoms with E-state index in [1.54, 1.807) is 7.11 Å². The van der Waals surface area contributed by atoms with Gasteiger partial charge < -0.3 is 15.4 Å². The van der Waals surface area contributed by atoms with Crippen LogP contribution >= 0.6 is 0 Å². The summed E-state index contributed by atoms with van der Waals surface area (Å²) in [4.78, 5) is 17.0. The van der Waals surface area contributed by atoms with Crippen molar-refractivity contribution in [1.82, 2.24) is 4.90 Å². The average molecular weight is 367 g/mol. The fourth-order valence-electron chi connectivity index (χ4n) is 4.13. The highest BCUT2D eigenvalue weighted by atomic mass is 16.5. The van der Waals surface area contributed by atoms with Gasteiger partial charge in [0, 0.05) is 32.2 Å². The number of nitrogens with zero attached hydrogens (tertiary/aromatic N) is 2. The summed E-state index contributed by atoms with van der Waals surface area (Å²) in [6.07, 6.45) is 0.886. The number of carbonyl (C=O) groups is 1. The molecule has 2 atom stereocenters. The van der Waals surface area contributed by atoms with Crippen molar-refractivity contribution in [2.75, 3.05) is 38.2 Å². The molecule has 2 N–H and O–H groups in total. The van der Waals surface area contributed by atoms with Crippen LogP contribution in [0.4, 0.5) is 5.69 Å². The lowest BCUT2D eigenvalue weighted by atomic mass is 9.87. The van der Waals surface area contributed by atoms with Gasteiger partial charge in [0.05, 0.1) is 18.7 Å². The topological polar surface area (TPSA) is 58.8 Å². The molecule has 0 spiro atoms. The maximum atomic E-state index is 12.3. The lowest BCUT2D eigenvalue weighted by Crippen LogP contribution is -2.53. The third kappa shape index (κ3) is 4.25. The molecule has 1 aliphatic rings. The van der Waals surface area contributed by atoms with Gasteiger partial charge in [0.25, 0.3) is 0 Å². The second kappa shape index (κ2) is 8.91. The van der Waals surface area contributed by atoms with Gasteiger partial charge in [0.2, 0.25) is 5.91 Å². The summed E-state index contributed by atoms with van der Waals surface area (Å²) >= 11 is 0. The van der Waals surface area contributed by atoms with E-state index in [0.717, 1.165) is 49.6 Å². The number of anilines is 1. The Morgan fingerprint density at radius 1 is 1.04 bits per heavy atom. The highest BCUT2D eigenvalue weighted by Crippen LogP contribution is 2.31. The Morgan fingerprint density at radius 2 is 1.67 bits per heavy atom. The number of nitrogens with two attached hydrogens (primary N) is 1. The van der Waals surface area contributed by atoms with Crippen molar-refractivity contribution >= 4 is 11.6 Å². The minimum absolute atomic E-state index is 0.115. The molecule has 3 rings (SSSR count). The number of amides is 1. The van der Waals surface area contributed by atoms with E-state index in [-0.39, 0.29) is 17.9 Å². The molecule has 1 saturated heterocycles. The van der Waals surface area contributed by atoms with Crippen LogP contribution in [0.15, 0.2) is 54.6 Å². The average Bonchev–Trinajstić information content (AvgIpc) is 2.72. The van der Waals surface area contributed by atoms with Crippen molar-refractivity contribution in [3.8, 4) is 5.75 Å². The first-order valence-electron chi connectivity index (χ1n) is 9.62. The number of piperazine rings is 1. The minimum atomic E-state index is -0.283. The molecule has 1 amide bonds. The van der Waals surface area contributed by atoms with Gasteiger partial charge in [-0.25, -0.2) is 0 Å². The molecule has 0 saturated carbocycles. The van der Waals surface area contributed by atoms with Crippen molar-refractivity contribution in [3.05, 3.63) is 60.2 Å². The number of benzene rings is 2. The fourth-order valence-corrected chi connectivity index (χ4v) is 4.13. The van der Waals surface area contributed by atoms with Gasteiger partial charge in [0.15, 0.2) is 0 Å². The quantitative estimate of drug-likeness (QED) is 0.818. The Balaban J connectivity index is 1.74. The lowest BCUT2D eigenvalue weighted by Gasteiger charge is -2.42. The Labute approximate surface area is 161 Å². The van der Waals surface area contributed by atoms with E-state index >= 15 is 0 Å². The van der Waals surface area contributed by atoms with Crippen molar-refractivity contribution in [2.24, 2.45) is 5.73 Å². The van der Waals surface area contributed by atoms with Crippen LogP contribution in [-0.2, 0) is 4.79 Å².